The van der Waals surface area contributed by atoms with E-state index in [1.165, 1.54) is 13.3 Å². The van der Waals surface area contributed by atoms with Gasteiger partial charge in [-0.15, -0.1) is 0 Å². The molecule has 7 heteroatoms. The minimum Gasteiger partial charge on any atom is -0.481 e. The van der Waals surface area contributed by atoms with Gasteiger partial charge in [-0.1, -0.05) is 12.7 Å². The molecule has 0 aliphatic rings. The van der Waals surface area contributed by atoms with Crippen LogP contribution >= 0.6 is 0 Å². The van der Waals surface area contributed by atoms with E-state index < -0.39 is 0 Å². The molecule has 0 atom stereocenters. The highest BCUT2D eigenvalue weighted by atomic mass is 16.5. The van der Waals surface area contributed by atoms with Crippen LogP contribution in [0.15, 0.2) is 25.0 Å². The summed E-state index contributed by atoms with van der Waals surface area (Å²) in [7, 11) is 1.51. The first-order chi connectivity index (χ1) is 9.13. The van der Waals surface area contributed by atoms with E-state index >= 15 is 0 Å². The van der Waals surface area contributed by atoms with Gasteiger partial charge in [-0.05, 0) is 0 Å². The summed E-state index contributed by atoms with van der Waals surface area (Å²) in [6.07, 6.45) is 4.59. The van der Waals surface area contributed by atoms with Crippen molar-refractivity contribution in [2.45, 2.75) is 0 Å². The lowest BCUT2D eigenvalue weighted by atomic mass is 10.2. The molecule has 19 heavy (non-hydrogen) atoms. The van der Waals surface area contributed by atoms with Crippen LogP contribution in [0, 0.1) is 0 Å². The molecule has 98 valence electrons. The van der Waals surface area contributed by atoms with Crippen molar-refractivity contribution in [2.24, 2.45) is 0 Å². The van der Waals surface area contributed by atoms with Crippen molar-refractivity contribution in [3.8, 4) is 17.4 Å². The van der Waals surface area contributed by atoms with Crippen LogP contribution in [0.5, 0.6) is 17.4 Å². The Morgan fingerprint density at radius 2 is 2.00 bits per heavy atom. The molecular formula is C12H13N5O2. The summed E-state index contributed by atoms with van der Waals surface area (Å²) in [6.45, 7) is 3.68. The molecule has 0 unspecified atom stereocenters. The van der Waals surface area contributed by atoms with E-state index in [2.05, 4.69) is 21.5 Å². The van der Waals surface area contributed by atoms with Crippen LogP contribution in [0.1, 0.15) is 5.56 Å². The molecule has 0 fully saturated rings. The highest BCUT2D eigenvalue weighted by molar-refractivity contribution is 5.58. The Bertz CT molecular complexity index is 615. The maximum atomic E-state index is 5.70. The van der Waals surface area contributed by atoms with Crippen LogP contribution < -0.4 is 20.9 Å². The van der Waals surface area contributed by atoms with Crippen LogP contribution in [0.25, 0.3) is 6.08 Å². The number of methoxy groups -OCH3 is 1. The van der Waals surface area contributed by atoms with Gasteiger partial charge in [-0.2, -0.15) is 4.98 Å². The molecule has 2 heterocycles. The topological polar surface area (TPSA) is 109 Å². The Morgan fingerprint density at radius 3 is 2.63 bits per heavy atom. The molecule has 0 aromatic carbocycles. The van der Waals surface area contributed by atoms with E-state index in [0.29, 0.717) is 22.9 Å². The van der Waals surface area contributed by atoms with E-state index in [0.717, 1.165) is 0 Å². The highest BCUT2D eigenvalue weighted by Crippen LogP contribution is 2.30. The normalized spacial score (nSPS) is 9.95. The van der Waals surface area contributed by atoms with Crippen LogP contribution in [0.4, 0.5) is 11.8 Å². The summed E-state index contributed by atoms with van der Waals surface area (Å²) < 4.78 is 10.7. The minimum absolute atomic E-state index is 0.0844. The largest absolute Gasteiger partial charge is 0.481 e. The number of aromatic nitrogens is 3. The van der Waals surface area contributed by atoms with Crippen LogP contribution in [-0.2, 0) is 0 Å². The van der Waals surface area contributed by atoms with Crippen molar-refractivity contribution in [3.63, 3.8) is 0 Å². The first kappa shape index (κ1) is 12.6. The van der Waals surface area contributed by atoms with Crippen molar-refractivity contribution in [2.75, 3.05) is 18.6 Å². The smallest absolute Gasteiger partial charge is 0.222 e. The van der Waals surface area contributed by atoms with Gasteiger partial charge in [0, 0.05) is 17.8 Å². The summed E-state index contributed by atoms with van der Waals surface area (Å²) in [5.74, 6) is 1.43. The monoisotopic (exact) mass is 259 g/mol. The Hall–Kier alpha value is -2.83. The first-order valence-electron chi connectivity index (χ1n) is 5.36. The van der Waals surface area contributed by atoms with Gasteiger partial charge in [0.25, 0.3) is 0 Å². The van der Waals surface area contributed by atoms with E-state index in [9.17, 15) is 0 Å². The molecule has 0 amide bonds. The fraction of sp³-hybridized carbons (Fsp3) is 0.0833. The van der Waals surface area contributed by atoms with Gasteiger partial charge in [-0.25, -0.2) is 9.97 Å². The van der Waals surface area contributed by atoms with Gasteiger partial charge in [0.05, 0.1) is 13.3 Å². The second-order valence-electron chi connectivity index (χ2n) is 3.55. The molecule has 2 aromatic heterocycles. The zero-order valence-corrected chi connectivity index (χ0v) is 10.3. The molecule has 0 saturated heterocycles. The van der Waals surface area contributed by atoms with Crippen LogP contribution in [0.2, 0.25) is 0 Å². The first-order valence-corrected chi connectivity index (χ1v) is 5.36. The number of ether oxygens (including phenoxy) is 2. The zero-order chi connectivity index (χ0) is 13.8. The second-order valence-corrected chi connectivity index (χ2v) is 3.55. The zero-order valence-electron chi connectivity index (χ0n) is 10.3. The van der Waals surface area contributed by atoms with E-state index in [4.69, 9.17) is 20.9 Å². The summed E-state index contributed by atoms with van der Waals surface area (Å²) >= 11 is 0. The average molecular weight is 259 g/mol. The lowest BCUT2D eigenvalue weighted by Crippen LogP contribution is -2.02. The molecule has 0 saturated carbocycles. The molecule has 7 nitrogen and oxygen atoms in total. The van der Waals surface area contributed by atoms with E-state index in [1.807, 2.05) is 0 Å². The maximum absolute atomic E-state index is 5.70. The Morgan fingerprint density at radius 1 is 1.21 bits per heavy atom. The number of nitrogen functional groups attached to an aromatic ring is 2. The molecule has 0 bridgehead atoms. The average Bonchev–Trinajstić information content (AvgIpc) is 2.41. The summed E-state index contributed by atoms with van der Waals surface area (Å²) in [6, 6.07) is 1.62. The number of hydrogen-bond acceptors (Lipinski definition) is 7. The predicted octanol–water partition coefficient (Wildman–Crippen LogP) is 1.48. The van der Waals surface area contributed by atoms with Gasteiger partial charge in [0.15, 0.2) is 11.6 Å². The SMILES string of the molecule is C=Cc1cnc(OC)cc1Oc1cnc(N)nc1N. The third-order valence-corrected chi connectivity index (χ3v) is 2.32. The maximum Gasteiger partial charge on any atom is 0.222 e. The third-order valence-electron chi connectivity index (χ3n) is 2.32. The number of rotatable bonds is 4. The molecule has 2 rings (SSSR count). The lowest BCUT2D eigenvalue weighted by molar-refractivity contribution is 0.392. The summed E-state index contributed by atoms with van der Waals surface area (Å²) in [4.78, 5) is 11.7. The Kier molecular flexibility index (Phi) is 3.46. The van der Waals surface area contributed by atoms with Crippen LogP contribution in [0.3, 0.4) is 0 Å². The standard InChI is InChI=1S/C12H13N5O2/c1-3-7-5-15-10(18-2)4-8(7)19-9-6-16-12(14)17-11(9)13/h3-6H,1H2,2H3,(H4,13,14,16,17). The molecule has 0 aliphatic carbocycles. The van der Waals surface area contributed by atoms with Crippen molar-refractivity contribution in [3.05, 3.63) is 30.6 Å². The number of nitrogens with two attached hydrogens (primary N) is 2. The molecule has 4 N–H and O–H groups in total. The number of hydrogen-bond donors (Lipinski definition) is 2. The van der Waals surface area contributed by atoms with Gasteiger partial charge < -0.3 is 20.9 Å². The lowest BCUT2D eigenvalue weighted by Gasteiger charge is -2.10. The predicted molar refractivity (Wildman–Crippen MR) is 71.8 cm³/mol. The van der Waals surface area contributed by atoms with E-state index in [1.54, 1.807) is 18.3 Å². The second kappa shape index (κ2) is 5.21. The molecule has 0 radical (unpaired) electrons. The number of anilines is 2. The summed E-state index contributed by atoms with van der Waals surface area (Å²) in [5.41, 5.74) is 11.8. The van der Waals surface area contributed by atoms with Gasteiger partial charge in [0.1, 0.15) is 5.75 Å². The third kappa shape index (κ3) is 2.71. The molecule has 0 aliphatic heterocycles. The fourth-order valence-corrected chi connectivity index (χ4v) is 1.38. The number of pyridine rings is 1. The van der Waals surface area contributed by atoms with Crippen molar-refractivity contribution < 1.29 is 9.47 Å². The highest BCUT2D eigenvalue weighted by Gasteiger charge is 2.09. The van der Waals surface area contributed by atoms with Crippen molar-refractivity contribution in [1.29, 1.82) is 0 Å². The quantitative estimate of drug-likeness (QED) is 0.855. The minimum atomic E-state index is 0.0844. The van der Waals surface area contributed by atoms with Gasteiger partial charge >= 0.3 is 0 Å². The number of nitrogens with zero attached hydrogens (tertiary/aromatic N) is 3. The van der Waals surface area contributed by atoms with Crippen LogP contribution in [-0.4, -0.2) is 22.1 Å². The molecular weight excluding hydrogens is 246 g/mol. The molecule has 2 aromatic rings. The fourth-order valence-electron chi connectivity index (χ4n) is 1.38. The van der Waals surface area contributed by atoms with Gasteiger partial charge in [-0.3, -0.25) is 0 Å². The van der Waals surface area contributed by atoms with Gasteiger partial charge in [0.2, 0.25) is 11.8 Å². The summed E-state index contributed by atoms with van der Waals surface area (Å²) in [5, 5.41) is 0. The van der Waals surface area contributed by atoms with E-state index in [-0.39, 0.29) is 11.8 Å². The Labute approximate surface area is 109 Å². The van der Waals surface area contributed by atoms with Crippen molar-refractivity contribution >= 4 is 17.8 Å². The molecule has 0 spiro atoms. The van der Waals surface area contributed by atoms with Crippen molar-refractivity contribution in [1.82, 2.24) is 15.0 Å². The Balaban J connectivity index is 2.38.